The van der Waals surface area contributed by atoms with Gasteiger partial charge in [-0.1, -0.05) is 6.92 Å². The summed E-state index contributed by atoms with van der Waals surface area (Å²) in [7, 11) is 3.71. The molecule has 0 aliphatic heterocycles. The summed E-state index contributed by atoms with van der Waals surface area (Å²) in [5.74, 6) is -0.125. The zero-order valence-electron chi connectivity index (χ0n) is 8.00. The van der Waals surface area contributed by atoms with Crippen LogP contribution in [0.15, 0.2) is 0 Å². The lowest BCUT2D eigenvalue weighted by atomic mass is 9.95. The Kier molecular flexibility index (Phi) is 2.42. The Bertz CT molecular complexity index is 191. The maximum absolute atomic E-state index is 11.1. The number of aliphatic carboxylic acids is 1. The molecule has 70 valence electrons. The molecule has 12 heavy (non-hydrogen) atoms. The predicted molar refractivity (Wildman–Crippen MR) is 47.1 cm³/mol. The van der Waals surface area contributed by atoms with Crippen LogP contribution < -0.4 is 0 Å². The molecule has 1 N–H and O–H groups in total. The summed E-state index contributed by atoms with van der Waals surface area (Å²) in [5, 5.41) is 9.11. The summed E-state index contributed by atoms with van der Waals surface area (Å²) >= 11 is 0. The Hall–Kier alpha value is -0.570. The van der Waals surface area contributed by atoms with Crippen molar-refractivity contribution in [2.24, 2.45) is 5.92 Å². The van der Waals surface area contributed by atoms with Crippen molar-refractivity contribution in [3.8, 4) is 0 Å². The molecule has 2 unspecified atom stereocenters. The van der Waals surface area contributed by atoms with E-state index in [1.807, 2.05) is 19.0 Å². The van der Waals surface area contributed by atoms with E-state index >= 15 is 0 Å². The number of hydrogen-bond acceptors (Lipinski definition) is 2. The molecule has 3 nitrogen and oxygen atoms in total. The SMILES string of the molecule is CC1CCC(C(=O)O)(N(C)C)C1. The van der Waals surface area contributed by atoms with E-state index in [4.69, 9.17) is 5.11 Å². The highest BCUT2D eigenvalue weighted by Gasteiger charge is 2.45. The van der Waals surface area contributed by atoms with Gasteiger partial charge >= 0.3 is 5.97 Å². The standard InChI is InChI=1S/C9H17NO2/c1-7-4-5-9(6-7,8(11)12)10(2)3/h7H,4-6H2,1-3H3,(H,11,12). The Morgan fingerprint density at radius 3 is 2.33 bits per heavy atom. The van der Waals surface area contributed by atoms with Crippen LogP contribution in [-0.2, 0) is 4.79 Å². The highest BCUT2D eigenvalue weighted by atomic mass is 16.4. The molecule has 0 saturated heterocycles. The molecule has 0 bridgehead atoms. The molecule has 0 radical (unpaired) electrons. The average molecular weight is 171 g/mol. The first-order valence-corrected chi connectivity index (χ1v) is 4.40. The third-order valence-electron chi connectivity index (χ3n) is 2.99. The highest BCUT2D eigenvalue weighted by Crippen LogP contribution is 2.37. The monoisotopic (exact) mass is 171 g/mol. The van der Waals surface area contributed by atoms with Crippen molar-refractivity contribution in [1.82, 2.24) is 4.90 Å². The Morgan fingerprint density at radius 2 is 2.17 bits per heavy atom. The smallest absolute Gasteiger partial charge is 0.324 e. The van der Waals surface area contributed by atoms with E-state index in [-0.39, 0.29) is 0 Å². The zero-order chi connectivity index (χ0) is 9.35. The summed E-state index contributed by atoms with van der Waals surface area (Å²) in [4.78, 5) is 12.9. The van der Waals surface area contributed by atoms with Crippen molar-refractivity contribution >= 4 is 5.97 Å². The van der Waals surface area contributed by atoms with Crippen molar-refractivity contribution in [3.63, 3.8) is 0 Å². The van der Waals surface area contributed by atoms with E-state index in [2.05, 4.69) is 6.92 Å². The third-order valence-corrected chi connectivity index (χ3v) is 2.99. The second kappa shape index (κ2) is 3.05. The minimum Gasteiger partial charge on any atom is -0.480 e. The largest absolute Gasteiger partial charge is 0.480 e. The molecule has 0 amide bonds. The molecule has 1 aliphatic rings. The summed E-state index contributed by atoms with van der Waals surface area (Å²) in [6.45, 7) is 2.12. The van der Waals surface area contributed by atoms with Crippen molar-refractivity contribution in [2.75, 3.05) is 14.1 Å². The second-order valence-corrected chi connectivity index (χ2v) is 4.08. The van der Waals surface area contributed by atoms with Crippen LogP contribution in [0.25, 0.3) is 0 Å². The van der Waals surface area contributed by atoms with Gasteiger partial charge in [-0.25, -0.2) is 0 Å². The Balaban J connectivity index is 2.82. The van der Waals surface area contributed by atoms with Crippen LogP contribution in [0.4, 0.5) is 0 Å². The molecule has 0 aromatic carbocycles. The van der Waals surface area contributed by atoms with Gasteiger partial charge in [-0.05, 0) is 39.3 Å². The Labute approximate surface area is 73.4 Å². The minimum absolute atomic E-state index is 0.545. The molecule has 1 rings (SSSR count). The molecule has 0 aromatic heterocycles. The van der Waals surface area contributed by atoms with Crippen molar-refractivity contribution in [2.45, 2.75) is 31.7 Å². The van der Waals surface area contributed by atoms with Crippen LogP contribution >= 0.6 is 0 Å². The van der Waals surface area contributed by atoms with E-state index in [0.717, 1.165) is 19.3 Å². The van der Waals surface area contributed by atoms with E-state index in [1.54, 1.807) is 0 Å². The quantitative estimate of drug-likeness (QED) is 0.678. The highest BCUT2D eigenvalue weighted by molar-refractivity contribution is 5.79. The van der Waals surface area contributed by atoms with Crippen LogP contribution in [0.3, 0.4) is 0 Å². The fourth-order valence-electron chi connectivity index (χ4n) is 2.06. The molecule has 0 aromatic rings. The molecule has 0 heterocycles. The van der Waals surface area contributed by atoms with Gasteiger partial charge in [-0.2, -0.15) is 0 Å². The van der Waals surface area contributed by atoms with Gasteiger partial charge in [0.05, 0.1) is 0 Å². The van der Waals surface area contributed by atoms with Gasteiger partial charge in [0.2, 0.25) is 0 Å². The lowest BCUT2D eigenvalue weighted by molar-refractivity contribution is -0.149. The van der Waals surface area contributed by atoms with E-state index in [0.29, 0.717) is 5.92 Å². The van der Waals surface area contributed by atoms with Crippen LogP contribution in [-0.4, -0.2) is 35.6 Å². The number of hydrogen-bond donors (Lipinski definition) is 1. The van der Waals surface area contributed by atoms with Crippen LogP contribution in [0.1, 0.15) is 26.2 Å². The van der Waals surface area contributed by atoms with Gasteiger partial charge in [0.25, 0.3) is 0 Å². The van der Waals surface area contributed by atoms with E-state index < -0.39 is 11.5 Å². The van der Waals surface area contributed by atoms with Crippen molar-refractivity contribution in [1.29, 1.82) is 0 Å². The summed E-state index contributed by atoms with van der Waals surface area (Å²) in [5.41, 5.74) is -0.584. The number of rotatable bonds is 2. The number of likely N-dealkylation sites (N-methyl/N-ethyl adjacent to an activating group) is 1. The molecule has 3 heteroatoms. The first-order chi connectivity index (χ1) is 5.49. The van der Waals surface area contributed by atoms with Gasteiger partial charge in [0.15, 0.2) is 0 Å². The summed E-state index contributed by atoms with van der Waals surface area (Å²) in [6.07, 6.45) is 2.61. The lowest BCUT2D eigenvalue weighted by Crippen LogP contribution is -2.49. The van der Waals surface area contributed by atoms with Crippen molar-refractivity contribution < 1.29 is 9.90 Å². The average Bonchev–Trinajstić information content (AvgIpc) is 2.32. The zero-order valence-corrected chi connectivity index (χ0v) is 8.00. The first kappa shape index (κ1) is 9.52. The number of nitrogens with zero attached hydrogens (tertiary/aromatic N) is 1. The number of carboxylic acid groups (broad SMARTS) is 1. The number of carboxylic acids is 1. The minimum atomic E-state index is -0.670. The fraction of sp³-hybridized carbons (Fsp3) is 0.889. The maximum atomic E-state index is 11.1. The van der Waals surface area contributed by atoms with Crippen LogP contribution in [0, 0.1) is 5.92 Å². The predicted octanol–water partition coefficient (Wildman–Crippen LogP) is 1.19. The van der Waals surface area contributed by atoms with Gasteiger partial charge in [0.1, 0.15) is 5.54 Å². The van der Waals surface area contributed by atoms with Crippen molar-refractivity contribution in [3.05, 3.63) is 0 Å². The van der Waals surface area contributed by atoms with Gasteiger partial charge in [-0.15, -0.1) is 0 Å². The summed E-state index contributed by atoms with van der Waals surface area (Å²) < 4.78 is 0. The fourth-order valence-corrected chi connectivity index (χ4v) is 2.06. The summed E-state index contributed by atoms with van der Waals surface area (Å²) in [6, 6.07) is 0. The molecular weight excluding hydrogens is 154 g/mol. The number of carbonyl (C=O) groups is 1. The van der Waals surface area contributed by atoms with Crippen LogP contribution in [0.2, 0.25) is 0 Å². The maximum Gasteiger partial charge on any atom is 0.324 e. The second-order valence-electron chi connectivity index (χ2n) is 4.08. The molecular formula is C9H17NO2. The van der Waals surface area contributed by atoms with E-state index in [9.17, 15) is 4.79 Å². The Morgan fingerprint density at radius 1 is 1.58 bits per heavy atom. The normalized spacial score (nSPS) is 35.8. The topological polar surface area (TPSA) is 40.5 Å². The molecule has 0 spiro atoms. The molecule has 1 fully saturated rings. The molecule has 1 saturated carbocycles. The molecule has 2 atom stereocenters. The first-order valence-electron chi connectivity index (χ1n) is 4.40. The lowest BCUT2D eigenvalue weighted by Gasteiger charge is -2.31. The van der Waals surface area contributed by atoms with Gasteiger partial charge in [0, 0.05) is 0 Å². The third kappa shape index (κ3) is 1.33. The van der Waals surface area contributed by atoms with E-state index in [1.165, 1.54) is 0 Å². The van der Waals surface area contributed by atoms with Gasteiger partial charge < -0.3 is 5.11 Å². The molecule has 1 aliphatic carbocycles. The van der Waals surface area contributed by atoms with Crippen LogP contribution in [0.5, 0.6) is 0 Å². The van der Waals surface area contributed by atoms with Gasteiger partial charge in [-0.3, -0.25) is 9.69 Å².